The van der Waals surface area contributed by atoms with Crippen LogP contribution < -0.4 is 0 Å². The van der Waals surface area contributed by atoms with Crippen molar-refractivity contribution in [2.45, 2.75) is 32.7 Å². The van der Waals surface area contributed by atoms with E-state index in [1.54, 1.807) is 0 Å². The van der Waals surface area contributed by atoms with E-state index in [4.69, 9.17) is 4.98 Å². The highest BCUT2D eigenvalue weighted by Gasteiger charge is 2.19. The van der Waals surface area contributed by atoms with Crippen LogP contribution in [-0.2, 0) is 25.8 Å². The zero-order chi connectivity index (χ0) is 16.8. The quantitative estimate of drug-likeness (QED) is 0.579. The minimum Gasteiger partial charge on any atom is -0.245 e. The van der Waals surface area contributed by atoms with Gasteiger partial charge in [-0.05, 0) is 31.0 Å². The molecule has 6 nitrogen and oxygen atoms in total. The summed E-state index contributed by atoms with van der Waals surface area (Å²) in [6.45, 7) is 2.93. The molecule has 3 aromatic heterocycles. The number of aryl methyl sites for hydroxylation is 5. The number of pyridine rings is 1. The van der Waals surface area contributed by atoms with Crippen LogP contribution in [0.2, 0.25) is 0 Å². The van der Waals surface area contributed by atoms with Crippen LogP contribution in [0.5, 0.6) is 0 Å². The third kappa shape index (κ3) is 2.41. The lowest BCUT2D eigenvalue weighted by Crippen LogP contribution is -2.12. The molecule has 0 bridgehead atoms. The highest BCUT2D eigenvalue weighted by molar-refractivity contribution is 5.61. The molecule has 0 spiro atoms. The Balaban J connectivity index is 1.40. The van der Waals surface area contributed by atoms with Gasteiger partial charge >= 0.3 is 0 Å². The average molecular weight is 330 g/mol. The van der Waals surface area contributed by atoms with Gasteiger partial charge in [0.25, 0.3) is 0 Å². The summed E-state index contributed by atoms with van der Waals surface area (Å²) in [5.74, 6) is 2.68. The van der Waals surface area contributed by atoms with E-state index in [1.165, 1.54) is 11.1 Å². The number of nitrogens with zero attached hydrogens (tertiary/aromatic N) is 6. The normalized spacial score (nSPS) is 13.0. The maximum absolute atomic E-state index is 4.77. The summed E-state index contributed by atoms with van der Waals surface area (Å²) in [7, 11) is 0. The first-order valence-electron chi connectivity index (χ1n) is 8.61. The van der Waals surface area contributed by atoms with Gasteiger partial charge < -0.3 is 0 Å². The van der Waals surface area contributed by atoms with Gasteiger partial charge in [-0.2, -0.15) is 10.2 Å². The predicted molar refractivity (Wildman–Crippen MR) is 94.3 cm³/mol. The second kappa shape index (κ2) is 5.51. The van der Waals surface area contributed by atoms with E-state index in [1.807, 2.05) is 34.3 Å². The van der Waals surface area contributed by atoms with Crippen molar-refractivity contribution in [1.29, 1.82) is 0 Å². The van der Waals surface area contributed by atoms with E-state index in [2.05, 4.69) is 39.4 Å². The van der Waals surface area contributed by atoms with E-state index < -0.39 is 0 Å². The second-order valence-electron chi connectivity index (χ2n) is 6.45. The minimum absolute atomic E-state index is 0.742. The lowest BCUT2D eigenvalue weighted by atomic mass is 10.0. The molecule has 4 aromatic rings. The largest absolute Gasteiger partial charge is 0.245 e. The summed E-state index contributed by atoms with van der Waals surface area (Å²) in [5, 5.41) is 9.27. The number of benzene rings is 1. The third-order valence-electron chi connectivity index (χ3n) is 4.73. The van der Waals surface area contributed by atoms with Crippen LogP contribution in [0.1, 0.15) is 22.9 Å². The number of aromatic nitrogens is 6. The fraction of sp³-hybridized carbons (Fsp3) is 0.263. The van der Waals surface area contributed by atoms with Gasteiger partial charge in [-0.25, -0.2) is 19.2 Å². The summed E-state index contributed by atoms with van der Waals surface area (Å²) < 4.78 is 3.91. The van der Waals surface area contributed by atoms with Crippen LogP contribution in [0.3, 0.4) is 0 Å². The molecule has 0 amide bonds. The van der Waals surface area contributed by atoms with Gasteiger partial charge in [-0.15, -0.1) is 0 Å². The standard InChI is InChI=1S/C19H18N6/c1-13-5-4-8-18-20-16(23-25(13)18)9-10-17-21-19-15-7-3-2-6-14(15)11-12-24(19)22-17/h2-8H,9-12H2,1H3. The minimum atomic E-state index is 0.742. The van der Waals surface area contributed by atoms with E-state index in [-0.39, 0.29) is 0 Å². The van der Waals surface area contributed by atoms with Gasteiger partial charge in [0, 0.05) is 30.6 Å². The number of rotatable bonds is 3. The Morgan fingerprint density at radius 3 is 2.64 bits per heavy atom. The maximum Gasteiger partial charge on any atom is 0.158 e. The zero-order valence-corrected chi connectivity index (χ0v) is 14.1. The van der Waals surface area contributed by atoms with Crippen LogP contribution in [0.4, 0.5) is 0 Å². The molecule has 124 valence electrons. The van der Waals surface area contributed by atoms with Crippen molar-refractivity contribution in [3.63, 3.8) is 0 Å². The Morgan fingerprint density at radius 2 is 1.76 bits per heavy atom. The summed E-state index contributed by atoms with van der Waals surface area (Å²) in [5.41, 5.74) is 4.53. The molecule has 5 rings (SSSR count). The first-order valence-corrected chi connectivity index (χ1v) is 8.61. The van der Waals surface area contributed by atoms with Gasteiger partial charge in [-0.3, -0.25) is 0 Å². The van der Waals surface area contributed by atoms with Crippen LogP contribution in [-0.4, -0.2) is 29.4 Å². The third-order valence-corrected chi connectivity index (χ3v) is 4.73. The van der Waals surface area contributed by atoms with E-state index in [0.717, 1.165) is 54.6 Å². The van der Waals surface area contributed by atoms with Gasteiger partial charge in [0.2, 0.25) is 0 Å². The van der Waals surface area contributed by atoms with Crippen molar-refractivity contribution < 1.29 is 0 Å². The molecular formula is C19H18N6. The molecule has 1 aliphatic rings. The number of fused-ring (bicyclic) bond motifs is 4. The molecule has 1 aromatic carbocycles. The van der Waals surface area contributed by atoms with Crippen molar-refractivity contribution in [1.82, 2.24) is 29.4 Å². The van der Waals surface area contributed by atoms with Gasteiger partial charge in [0.1, 0.15) is 0 Å². The average Bonchev–Trinajstić information content (AvgIpc) is 3.24. The van der Waals surface area contributed by atoms with Crippen LogP contribution in [0.15, 0.2) is 42.5 Å². The molecule has 0 atom stereocenters. The van der Waals surface area contributed by atoms with Crippen LogP contribution >= 0.6 is 0 Å². The molecular weight excluding hydrogens is 312 g/mol. The van der Waals surface area contributed by atoms with Crippen molar-refractivity contribution in [3.8, 4) is 11.4 Å². The molecule has 0 saturated heterocycles. The van der Waals surface area contributed by atoms with Gasteiger partial charge in [0.05, 0.1) is 0 Å². The fourth-order valence-electron chi connectivity index (χ4n) is 3.44. The van der Waals surface area contributed by atoms with Crippen molar-refractivity contribution >= 4 is 5.65 Å². The van der Waals surface area contributed by atoms with Gasteiger partial charge in [-0.1, -0.05) is 30.3 Å². The molecule has 6 heteroatoms. The molecule has 0 aliphatic carbocycles. The smallest absolute Gasteiger partial charge is 0.158 e. The first-order chi connectivity index (χ1) is 12.3. The molecule has 0 fully saturated rings. The number of hydrogen-bond acceptors (Lipinski definition) is 4. The number of hydrogen-bond donors (Lipinski definition) is 0. The van der Waals surface area contributed by atoms with Crippen LogP contribution in [0, 0.1) is 6.92 Å². The van der Waals surface area contributed by atoms with Crippen molar-refractivity contribution in [3.05, 3.63) is 65.4 Å². The van der Waals surface area contributed by atoms with Crippen molar-refractivity contribution in [2.24, 2.45) is 0 Å². The topological polar surface area (TPSA) is 60.9 Å². The maximum atomic E-state index is 4.77. The molecule has 1 aliphatic heterocycles. The summed E-state index contributed by atoms with van der Waals surface area (Å²) in [6, 6.07) is 14.5. The van der Waals surface area contributed by atoms with E-state index >= 15 is 0 Å². The SMILES string of the molecule is Cc1cccc2nc(CCc3nc4n(n3)CCc3ccccc3-4)nn12. The van der Waals surface area contributed by atoms with Crippen molar-refractivity contribution in [2.75, 3.05) is 0 Å². The lowest BCUT2D eigenvalue weighted by molar-refractivity contribution is 0.596. The summed E-state index contributed by atoms with van der Waals surface area (Å²) >= 11 is 0. The highest BCUT2D eigenvalue weighted by Crippen LogP contribution is 2.27. The Labute approximate surface area is 145 Å². The Morgan fingerprint density at radius 1 is 0.920 bits per heavy atom. The van der Waals surface area contributed by atoms with E-state index in [9.17, 15) is 0 Å². The predicted octanol–water partition coefficient (Wildman–Crippen LogP) is 2.64. The van der Waals surface area contributed by atoms with Gasteiger partial charge in [0.15, 0.2) is 23.1 Å². The lowest BCUT2D eigenvalue weighted by Gasteiger charge is -2.15. The molecule has 4 heterocycles. The molecule has 0 radical (unpaired) electrons. The molecule has 0 N–H and O–H groups in total. The summed E-state index contributed by atoms with van der Waals surface area (Å²) in [6.07, 6.45) is 2.50. The summed E-state index contributed by atoms with van der Waals surface area (Å²) in [4.78, 5) is 9.36. The Hall–Kier alpha value is -3.02. The van der Waals surface area contributed by atoms with E-state index in [0.29, 0.717) is 0 Å². The highest BCUT2D eigenvalue weighted by atomic mass is 15.4. The van der Waals surface area contributed by atoms with Crippen LogP contribution in [0.25, 0.3) is 17.0 Å². The fourth-order valence-corrected chi connectivity index (χ4v) is 3.44. The monoisotopic (exact) mass is 330 g/mol. The molecule has 0 saturated carbocycles. The first kappa shape index (κ1) is 14.3. The molecule has 0 unspecified atom stereocenters. The second-order valence-corrected chi connectivity index (χ2v) is 6.45. The zero-order valence-electron chi connectivity index (χ0n) is 14.1. The molecule has 25 heavy (non-hydrogen) atoms. The Kier molecular flexibility index (Phi) is 3.16. The Bertz CT molecular complexity index is 1070.